The Morgan fingerprint density at radius 3 is 2.66 bits per heavy atom. The van der Waals surface area contributed by atoms with Crippen molar-refractivity contribution in [1.82, 2.24) is 15.6 Å². The third-order valence-electron chi connectivity index (χ3n) is 7.40. The maximum absolute atomic E-state index is 13.5. The molecule has 10 nitrogen and oxygen atoms in total. The molecule has 1 saturated carbocycles. The van der Waals surface area contributed by atoms with Crippen molar-refractivity contribution in [3.05, 3.63) is 53.6 Å². The fourth-order valence-electron chi connectivity index (χ4n) is 5.52. The van der Waals surface area contributed by atoms with Crippen molar-refractivity contribution >= 4 is 56.5 Å². The number of amides is 4. The Balaban J connectivity index is 0.00000165. The molecule has 0 bridgehead atoms. The van der Waals surface area contributed by atoms with Crippen molar-refractivity contribution in [3.63, 3.8) is 0 Å². The van der Waals surface area contributed by atoms with Crippen LogP contribution < -0.4 is 25.6 Å². The number of hydrogen-bond donors (Lipinski definition) is 3. The molecule has 216 valence electrons. The van der Waals surface area contributed by atoms with Gasteiger partial charge in [-0.2, -0.15) is 0 Å². The topological polar surface area (TPSA) is 122 Å². The van der Waals surface area contributed by atoms with Gasteiger partial charge in [0.15, 0.2) is 0 Å². The highest BCUT2D eigenvalue weighted by molar-refractivity contribution is 7.21. The summed E-state index contributed by atoms with van der Waals surface area (Å²) in [7, 11) is 0. The monoisotopic (exact) mass is 577 g/mol. The Morgan fingerprint density at radius 2 is 1.95 bits per heavy atom. The zero-order valence-electron chi connectivity index (χ0n) is 23.5. The van der Waals surface area contributed by atoms with Crippen LogP contribution in [0.4, 0.5) is 21.9 Å². The number of benzene rings is 1. The van der Waals surface area contributed by atoms with Gasteiger partial charge in [0.1, 0.15) is 21.6 Å². The smallest absolute Gasteiger partial charge is 0.331 e. The molecule has 1 saturated heterocycles. The quantitative estimate of drug-likeness (QED) is 0.322. The molecular formula is C30H35N5O5S. The van der Waals surface area contributed by atoms with Gasteiger partial charge in [0.05, 0.1) is 35.7 Å². The predicted molar refractivity (Wildman–Crippen MR) is 160 cm³/mol. The Labute approximate surface area is 243 Å². The fourth-order valence-corrected chi connectivity index (χ4v) is 6.54. The van der Waals surface area contributed by atoms with Crippen molar-refractivity contribution in [2.24, 2.45) is 0 Å². The Bertz CT molecular complexity index is 1480. The summed E-state index contributed by atoms with van der Waals surface area (Å²) in [6, 6.07) is 6.70. The third kappa shape index (κ3) is 5.64. The first-order valence-corrected chi connectivity index (χ1v) is 14.9. The maximum Gasteiger partial charge on any atom is 0.331 e. The molecule has 2 aromatic heterocycles. The van der Waals surface area contributed by atoms with E-state index in [2.05, 4.69) is 27.5 Å². The van der Waals surface area contributed by atoms with E-state index in [4.69, 9.17) is 9.47 Å². The van der Waals surface area contributed by atoms with Crippen LogP contribution in [0.5, 0.6) is 5.75 Å². The minimum atomic E-state index is -0.361. The first-order chi connectivity index (χ1) is 19.9. The second-order valence-electron chi connectivity index (χ2n) is 9.96. The molecule has 2 unspecified atom stereocenters. The lowest BCUT2D eigenvalue weighted by Crippen LogP contribution is -2.48. The van der Waals surface area contributed by atoms with E-state index in [0.29, 0.717) is 40.0 Å². The Morgan fingerprint density at radius 1 is 1.17 bits per heavy atom. The number of urea groups is 1. The van der Waals surface area contributed by atoms with E-state index >= 15 is 0 Å². The molecule has 3 atom stereocenters. The normalized spacial score (nSPS) is 21.1. The molecule has 2 aliphatic heterocycles. The molecule has 1 aromatic carbocycles. The van der Waals surface area contributed by atoms with E-state index in [1.165, 1.54) is 17.4 Å². The number of anilines is 3. The largest absolute Gasteiger partial charge is 0.488 e. The highest BCUT2D eigenvalue weighted by Crippen LogP contribution is 2.46. The van der Waals surface area contributed by atoms with Crippen LogP contribution in [-0.4, -0.2) is 54.2 Å². The summed E-state index contributed by atoms with van der Waals surface area (Å²) in [5.74, 6) is 0.168. The molecule has 6 rings (SSSR count). The van der Waals surface area contributed by atoms with Crippen LogP contribution in [0, 0.1) is 6.92 Å². The average Bonchev–Trinajstić information content (AvgIpc) is 3.73. The van der Waals surface area contributed by atoms with Crippen molar-refractivity contribution in [1.29, 1.82) is 0 Å². The highest BCUT2D eigenvalue weighted by Gasteiger charge is 2.35. The molecule has 2 fully saturated rings. The molecule has 0 radical (unpaired) electrons. The number of nitrogens with zero attached hydrogens (tertiary/aromatic N) is 2. The Kier molecular flexibility index (Phi) is 8.55. The van der Waals surface area contributed by atoms with Crippen LogP contribution >= 0.6 is 11.3 Å². The number of thiophene rings is 1. The molecule has 11 heteroatoms. The zero-order chi connectivity index (χ0) is 29.1. The van der Waals surface area contributed by atoms with Gasteiger partial charge < -0.3 is 25.4 Å². The Hall–Kier alpha value is -3.96. The minimum absolute atomic E-state index is 0.0315. The van der Waals surface area contributed by atoms with E-state index in [1.54, 1.807) is 17.2 Å². The number of aryl methyl sites for hydroxylation is 1. The fraction of sp³-hybridized carbons (Fsp3) is 0.400. The second-order valence-corrected chi connectivity index (χ2v) is 11.0. The molecule has 0 spiro atoms. The number of pyridine rings is 1. The minimum Gasteiger partial charge on any atom is -0.488 e. The molecule has 4 amide bonds. The van der Waals surface area contributed by atoms with Crippen LogP contribution in [-0.2, 0) is 9.53 Å². The molecule has 3 N–H and O–H groups in total. The van der Waals surface area contributed by atoms with Gasteiger partial charge in [-0.3, -0.25) is 14.5 Å². The van der Waals surface area contributed by atoms with E-state index in [-0.39, 0.29) is 36.0 Å². The van der Waals surface area contributed by atoms with Crippen molar-refractivity contribution in [2.45, 2.75) is 64.6 Å². The molecule has 41 heavy (non-hydrogen) atoms. The van der Waals surface area contributed by atoms with Crippen LogP contribution in [0.25, 0.3) is 10.2 Å². The first kappa shape index (κ1) is 28.6. The third-order valence-corrected chi connectivity index (χ3v) is 8.49. The van der Waals surface area contributed by atoms with Gasteiger partial charge in [0, 0.05) is 24.7 Å². The lowest BCUT2D eigenvalue weighted by atomic mass is 10.1. The number of ether oxygens (including phenoxy) is 2. The lowest BCUT2D eigenvalue weighted by Gasteiger charge is -2.30. The van der Waals surface area contributed by atoms with Gasteiger partial charge >= 0.3 is 6.03 Å². The maximum atomic E-state index is 13.5. The number of aromatic nitrogens is 1. The summed E-state index contributed by atoms with van der Waals surface area (Å²) in [6.07, 6.45) is 6.19. The summed E-state index contributed by atoms with van der Waals surface area (Å²) >= 11 is 1.24. The first-order valence-electron chi connectivity index (χ1n) is 14.0. The van der Waals surface area contributed by atoms with Gasteiger partial charge in [-0.1, -0.05) is 20.4 Å². The zero-order valence-corrected chi connectivity index (χ0v) is 24.3. The van der Waals surface area contributed by atoms with Crippen LogP contribution in [0.2, 0.25) is 0 Å². The summed E-state index contributed by atoms with van der Waals surface area (Å²) in [5.41, 5.74) is 2.70. The van der Waals surface area contributed by atoms with E-state index in [0.717, 1.165) is 42.4 Å². The predicted octanol–water partition coefficient (Wildman–Crippen LogP) is 5.44. The summed E-state index contributed by atoms with van der Waals surface area (Å²) in [5, 5.41) is 9.63. The van der Waals surface area contributed by atoms with Gasteiger partial charge in [-0.15, -0.1) is 11.3 Å². The molecule has 4 heterocycles. The van der Waals surface area contributed by atoms with Gasteiger partial charge in [-0.25, -0.2) is 9.78 Å². The van der Waals surface area contributed by atoms with Crippen molar-refractivity contribution in [2.75, 3.05) is 23.4 Å². The number of rotatable bonds is 7. The second kappa shape index (κ2) is 12.3. The molecule has 1 aliphatic carbocycles. The number of hydrogen-bond acceptors (Lipinski definition) is 7. The SMILES string of the molecule is C=CC(=O)NC1CCCC1NC(=O)c1sc2nccc3c2c1NC(=O)N3c1ccc(O[C@H]2CCOC2)cc1C.CC. The van der Waals surface area contributed by atoms with Crippen molar-refractivity contribution in [3.8, 4) is 5.75 Å². The van der Waals surface area contributed by atoms with E-state index < -0.39 is 0 Å². The summed E-state index contributed by atoms with van der Waals surface area (Å²) in [4.78, 5) is 45.9. The lowest BCUT2D eigenvalue weighted by molar-refractivity contribution is -0.117. The highest BCUT2D eigenvalue weighted by atomic mass is 32.1. The van der Waals surface area contributed by atoms with Gasteiger partial charge in [-0.05, 0) is 62.1 Å². The van der Waals surface area contributed by atoms with E-state index in [1.807, 2.05) is 39.0 Å². The molecule has 3 aliphatic rings. The standard InChI is InChI=1S/C28H29N5O5S.C2H6/c1-3-22(34)30-18-5-4-6-19(18)31-26(35)25-24-23-21(9-11-29-27(23)39-25)33(28(36)32-24)20-8-7-16(13-15(20)2)38-17-10-12-37-14-17;1-2/h3,7-9,11,13,17-19H,1,4-6,10,12,14H2,2H3,(H,30,34)(H,31,35)(H,32,36);1-2H3/t17-,18?,19?;/m0./s1. The van der Waals surface area contributed by atoms with Crippen molar-refractivity contribution < 1.29 is 23.9 Å². The number of nitrogens with one attached hydrogen (secondary N) is 3. The van der Waals surface area contributed by atoms with Gasteiger partial charge in [0.25, 0.3) is 5.91 Å². The van der Waals surface area contributed by atoms with E-state index in [9.17, 15) is 14.4 Å². The summed E-state index contributed by atoms with van der Waals surface area (Å²) in [6.45, 7) is 10.7. The van der Waals surface area contributed by atoms with Crippen LogP contribution in [0.1, 0.15) is 54.8 Å². The summed E-state index contributed by atoms with van der Waals surface area (Å²) < 4.78 is 11.4. The molecule has 3 aromatic rings. The number of carbonyl (C=O) groups excluding carboxylic acids is 3. The van der Waals surface area contributed by atoms with Crippen LogP contribution in [0.3, 0.4) is 0 Å². The number of carbonyl (C=O) groups is 3. The van der Waals surface area contributed by atoms with Gasteiger partial charge in [0.2, 0.25) is 5.91 Å². The van der Waals surface area contributed by atoms with Crippen LogP contribution in [0.15, 0.2) is 43.1 Å². The molecular weight excluding hydrogens is 542 g/mol. The average molecular weight is 578 g/mol.